The van der Waals surface area contributed by atoms with E-state index >= 15 is 0 Å². The third kappa shape index (κ3) is 3.49. The molecule has 0 aliphatic rings. The lowest BCUT2D eigenvalue weighted by molar-refractivity contribution is 0.0696. The van der Waals surface area contributed by atoms with Gasteiger partial charge in [0.2, 0.25) is 0 Å². The number of rotatable bonds is 4. The number of carboxylic acids is 1. The SMILES string of the molecule is O=C(O)c1ccc(OCc2ccc(Cl)c(F)c2)c(Br)c1. The Bertz CT molecular complexity index is 661. The minimum Gasteiger partial charge on any atom is -0.488 e. The third-order valence-corrected chi connectivity index (χ3v) is 3.48. The molecule has 0 radical (unpaired) electrons. The summed E-state index contributed by atoms with van der Waals surface area (Å²) in [4.78, 5) is 10.8. The highest BCUT2D eigenvalue weighted by atomic mass is 79.9. The highest BCUT2D eigenvalue weighted by molar-refractivity contribution is 9.10. The molecule has 0 aliphatic heterocycles. The Morgan fingerprint density at radius 2 is 2.05 bits per heavy atom. The van der Waals surface area contributed by atoms with Crippen LogP contribution in [0.25, 0.3) is 0 Å². The van der Waals surface area contributed by atoms with Crippen LogP contribution in [0.5, 0.6) is 5.75 Å². The number of aromatic carboxylic acids is 1. The van der Waals surface area contributed by atoms with Gasteiger partial charge in [0.1, 0.15) is 18.2 Å². The van der Waals surface area contributed by atoms with E-state index in [0.29, 0.717) is 15.8 Å². The highest BCUT2D eigenvalue weighted by Crippen LogP contribution is 2.27. The molecule has 104 valence electrons. The van der Waals surface area contributed by atoms with Crippen molar-refractivity contribution >= 4 is 33.5 Å². The quantitative estimate of drug-likeness (QED) is 0.873. The van der Waals surface area contributed by atoms with Gasteiger partial charge in [-0.3, -0.25) is 0 Å². The van der Waals surface area contributed by atoms with Crippen LogP contribution in [0.3, 0.4) is 0 Å². The molecule has 0 atom stereocenters. The van der Waals surface area contributed by atoms with Crippen LogP contribution in [0.1, 0.15) is 15.9 Å². The molecule has 0 aromatic heterocycles. The van der Waals surface area contributed by atoms with Crippen LogP contribution in [0, 0.1) is 5.82 Å². The maximum Gasteiger partial charge on any atom is 0.335 e. The number of ether oxygens (including phenoxy) is 1. The zero-order chi connectivity index (χ0) is 14.7. The first-order valence-electron chi connectivity index (χ1n) is 5.57. The lowest BCUT2D eigenvalue weighted by Crippen LogP contribution is -1.99. The van der Waals surface area contributed by atoms with E-state index in [9.17, 15) is 9.18 Å². The van der Waals surface area contributed by atoms with E-state index in [4.69, 9.17) is 21.4 Å². The van der Waals surface area contributed by atoms with Gasteiger partial charge in [-0.15, -0.1) is 0 Å². The van der Waals surface area contributed by atoms with Crippen molar-refractivity contribution in [2.45, 2.75) is 6.61 Å². The monoisotopic (exact) mass is 358 g/mol. The van der Waals surface area contributed by atoms with Crippen molar-refractivity contribution < 1.29 is 19.0 Å². The fourth-order valence-electron chi connectivity index (χ4n) is 1.54. The van der Waals surface area contributed by atoms with Gasteiger partial charge in [0, 0.05) is 0 Å². The summed E-state index contributed by atoms with van der Waals surface area (Å²) in [7, 11) is 0. The molecule has 0 spiro atoms. The van der Waals surface area contributed by atoms with Gasteiger partial charge in [0.25, 0.3) is 0 Å². The summed E-state index contributed by atoms with van der Waals surface area (Å²) in [5.74, 6) is -1.05. The smallest absolute Gasteiger partial charge is 0.335 e. The largest absolute Gasteiger partial charge is 0.488 e. The standard InChI is InChI=1S/C14H9BrClFO3/c15-10-6-9(14(18)19)2-4-13(10)20-7-8-1-3-11(16)12(17)5-8/h1-6H,7H2,(H,18,19). The van der Waals surface area contributed by atoms with E-state index in [1.165, 1.54) is 24.3 Å². The molecular weight excluding hydrogens is 351 g/mol. The lowest BCUT2D eigenvalue weighted by Gasteiger charge is -2.09. The Morgan fingerprint density at radius 1 is 1.30 bits per heavy atom. The molecule has 0 saturated heterocycles. The predicted octanol–water partition coefficient (Wildman–Crippen LogP) is 4.52. The van der Waals surface area contributed by atoms with Crippen molar-refractivity contribution in [1.29, 1.82) is 0 Å². The minimum absolute atomic E-state index is 0.0562. The topological polar surface area (TPSA) is 46.5 Å². The molecule has 0 saturated carbocycles. The summed E-state index contributed by atoms with van der Waals surface area (Å²) in [6.07, 6.45) is 0. The van der Waals surface area contributed by atoms with Crippen LogP contribution >= 0.6 is 27.5 Å². The van der Waals surface area contributed by atoms with Crippen LogP contribution in [0.4, 0.5) is 4.39 Å². The molecule has 6 heteroatoms. The molecule has 0 unspecified atom stereocenters. The summed E-state index contributed by atoms with van der Waals surface area (Å²) in [6, 6.07) is 8.83. The molecular formula is C14H9BrClFO3. The van der Waals surface area contributed by atoms with E-state index in [-0.39, 0.29) is 17.2 Å². The molecule has 0 aliphatic carbocycles. The van der Waals surface area contributed by atoms with Crippen molar-refractivity contribution in [2.24, 2.45) is 0 Å². The average Bonchev–Trinajstić information content (AvgIpc) is 2.41. The predicted molar refractivity (Wildman–Crippen MR) is 76.8 cm³/mol. The second kappa shape index (κ2) is 6.24. The van der Waals surface area contributed by atoms with Gasteiger partial charge >= 0.3 is 5.97 Å². The van der Waals surface area contributed by atoms with Gasteiger partial charge in [0.15, 0.2) is 0 Å². The zero-order valence-electron chi connectivity index (χ0n) is 10.1. The first-order chi connectivity index (χ1) is 9.47. The molecule has 2 aromatic carbocycles. The Balaban J connectivity index is 2.10. The molecule has 3 nitrogen and oxygen atoms in total. The van der Waals surface area contributed by atoms with Crippen molar-refractivity contribution in [3.8, 4) is 5.75 Å². The Morgan fingerprint density at radius 3 is 2.65 bits per heavy atom. The van der Waals surface area contributed by atoms with Crippen LogP contribution < -0.4 is 4.74 Å². The maximum atomic E-state index is 13.3. The number of benzene rings is 2. The van der Waals surface area contributed by atoms with Crippen molar-refractivity contribution in [1.82, 2.24) is 0 Å². The van der Waals surface area contributed by atoms with Gasteiger partial charge < -0.3 is 9.84 Å². The Kier molecular flexibility index (Phi) is 4.62. The summed E-state index contributed by atoms with van der Waals surface area (Å²) in [5, 5.41) is 8.91. The lowest BCUT2D eigenvalue weighted by atomic mass is 10.2. The normalized spacial score (nSPS) is 10.3. The molecule has 2 aromatic rings. The van der Waals surface area contributed by atoms with Crippen LogP contribution in [0.2, 0.25) is 5.02 Å². The van der Waals surface area contributed by atoms with E-state index in [0.717, 1.165) is 0 Å². The minimum atomic E-state index is -1.02. The summed E-state index contributed by atoms with van der Waals surface area (Å²) in [5.41, 5.74) is 0.780. The van der Waals surface area contributed by atoms with Gasteiger partial charge in [0.05, 0.1) is 15.1 Å². The summed E-state index contributed by atoms with van der Waals surface area (Å²) < 4.78 is 19.3. The molecule has 0 bridgehead atoms. The molecule has 0 heterocycles. The summed E-state index contributed by atoms with van der Waals surface area (Å²) in [6.45, 7) is 0.152. The van der Waals surface area contributed by atoms with E-state index < -0.39 is 11.8 Å². The van der Waals surface area contributed by atoms with Crippen molar-refractivity contribution in [3.63, 3.8) is 0 Å². The van der Waals surface area contributed by atoms with Gasteiger partial charge in [-0.2, -0.15) is 0 Å². The van der Waals surface area contributed by atoms with E-state index in [2.05, 4.69) is 15.9 Å². The fourth-order valence-corrected chi connectivity index (χ4v) is 2.15. The zero-order valence-corrected chi connectivity index (χ0v) is 12.4. The third-order valence-electron chi connectivity index (χ3n) is 2.56. The molecule has 20 heavy (non-hydrogen) atoms. The fraction of sp³-hybridized carbons (Fsp3) is 0.0714. The number of carbonyl (C=O) groups is 1. The van der Waals surface area contributed by atoms with Gasteiger partial charge in [-0.25, -0.2) is 9.18 Å². The first-order valence-corrected chi connectivity index (χ1v) is 6.74. The number of hydrogen-bond acceptors (Lipinski definition) is 2. The average molecular weight is 360 g/mol. The van der Waals surface area contributed by atoms with Gasteiger partial charge in [-0.1, -0.05) is 17.7 Å². The first kappa shape index (κ1) is 14.8. The number of halogens is 3. The second-order valence-electron chi connectivity index (χ2n) is 3.99. The van der Waals surface area contributed by atoms with Crippen LogP contribution in [-0.2, 0) is 6.61 Å². The molecule has 0 fully saturated rings. The van der Waals surface area contributed by atoms with Crippen LogP contribution in [0.15, 0.2) is 40.9 Å². The Labute approximate surface area is 128 Å². The van der Waals surface area contributed by atoms with Crippen molar-refractivity contribution in [2.75, 3.05) is 0 Å². The molecule has 0 amide bonds. The number of hydrogen-bond donors (Lipinski definition) is 1. The highest BCUT2D eigenvalue weighted by Gasteiger charge is 2.08. The number of carboxylic acid groups (broad SMARTS) is 1. The molecule has 1 N–H and O–H groups in total. The maximum absolute atomic E-state index is 13.3. The van der Waals surface area contributed by atoms with E-state index in [1.54, 1.807) is 12.1 Å². The molecule has 2 rings (SSSR count). The van der Waals surface area contributed by atoms with Gasteiger partial charge in [-0.05, 0) is 51.8 Å². The summed E-state index contributed by atoms with van der Waals surface area (Å²) >= 11 is 8.82. The van der Waals surface area contributed by atoms with E-state index in [1.807, 2.05) is 0 Å². The Hall–Kier alpha value is -1.59. The second-order valence-corrected chi connectivity index (χ2v) is 5.25. The van der Waals surface area contributed by atoms with Crippen LogP contribution in [-0.4, -0.2) is 11.1 Å². The van der Waals surface area contributed by atoms with Crippen molar-refractivity contribution in [3.05, 3.63) is 62.8 Å².